The van der Waals surface area contributed by atoms with Crippen LogP contribution in [0.4, 0.5) is 5.82 Å². The van der Waals surface area contributed by atoms with E-state index >= 15 is 0 Å². The number of nitrogens with one attached hydrogen (secondary N) is 1. The van der Waals surface area contributed by atoms with Crippen molar-refractivity contribution in [1.29, 1.82) is 0 Å². The van der Waals surface area contributed by atoms with Crippen molar-refractivity contribution in [2.45, 2.75) is 20.1 Å². The monoisotopic (exact) mass is 431 g/mol. The number of ether oxygens (including phenoxy) is 1. The highest BCUT2D eigenvalue weighted by atomic mass is 35.5. The van der Waals surface area contributed by atoms with Gasteiger partial charge >= 0.3 is 0 Å². The van der Waals surface area contributed by atoms with E-state index in [1.165, 1.54) is 11.1 Å². The standard InChI is InChI=1S/C25H22ClN3O2/c1-18-5-2-3-6-21(18)16-29-14-13-24(28-29)27-25(30)20-11-9-19(10-12-20)17-31-23-8-4-7-22(26)15-23/h2-15H,16-17H2,1H3,(H,27,28,30). The van der Waals surface area contributed by atoms with Gasteiger partial charge in [0.15, 0.2) is 5.82 Å². The lowest BCUT2D eigenvalue weighted by atomic mass is 10.1. The predicted octanol–water partition coefficient (Wildman–Crippen LogP) is 5.72. The van der Waals surface area contributed by atoms with Crippen LogP contribution in [0.15, 0.2) is 85.1 Å². The highest BCUT2D eigenvalue weighted by molar-refractivity contribution is 6.30. The molecule has 1 heterocycles. The third kappa shape index (κ3) is 5.53. The first-order chi connectivity index (χ1) is 15.1. The molecule has 0 aliphatic carbocycles. The maximum Gasteiger partial charge on any atom is 0.256 e. The molecule has 0 atom stereocenters. The SMILES string of the molecule is Cc1ccccc1Cn1ccc(NC(=O)c2ccc(COc3cccc(Cl)c3)cc2)n1. The Labute approximate surface area is 186 Å². The van der Waals surface area contributed by atoms with Crippen LogP contribution in [0, 0.1) is 6.92 Å². The number of hydrogen-bond acceptors (Lipinski definition) is 3. The van der Waals surface area contributed by atoms with E-state index in [2.05, 4.69) is 29.5 Å². The first-order valence-electron chi connectivity index (χ1n) is 9.93. The first kappa shape index (κ1) is 20.7. The van der Waals surface area contributed by atoms with E-state index in [-0.39, 0.29) is 5.91 Å². The lowest BCUT2D eigenvalue weighted by molar-refractivity contribution is 0.102. The second-order valence-corrected chi connectivity index (χ2v) is 7.66. The molecule has 3 aromatic carbocycles. The van der Waals surface area contributed by atoms with E-state index in [1.807, 2.05) is 47.3 Å². The van der Waals surface area contributed by atoms with Crippen molar-refractivity contribution < 1.29 is 9.53 Å². The Bertz CT molecular complexity index is 1190. The molecule has 0 aliphatic rings. The zero-order valence-electron chi connectivity index (χ0n) is 17.1. The third-order valence-corrected chi connectivity index (χ3v) is 5.13. The summed E-state index contributed by atoms with van der Waals surface area (Å²) < 4.78 is 7.54. The molecule has 0 spiro atoms. The lowest BCUT2D eigenvalue weighted by Gasteiger charge is -2.08. The number of carbonyl (C=O) groups is 1. The maximum absolute atomic E-state index is 12.6. The highest BCUT2D eigenvalue weighted by Gasteiger charge is 2.09. The number of hydrogen-bond donors (Lipinski definition) is 1. The fourth-order valence-corrected chi connectivity index (χ4v) is 3.32. The molecule has 5 nitrogen and oxygen atoms in total. The smallest absolute Gasteiger partial charge is 0.256 e. The Morgan fingerprint density at radius 1 is 1.03 bits per heavy atom. The largest absolute Gasteiger partial charge is 0.489 e. The van der Waals surface area contributed by atoms with Crippen LogP contribution in [-0.4, -0.2) is 15.7 Å². The molecule has 0 saturated carbocycles. The molecule has 0 saturated heterocycles. The Kier molecular flexibility index (Phi) is 6.34. The second kappa shape index (κ2) is 9.49. The number of benzene rings is 3. The molecule has 4 rings (SSSR count). The molecule has 4 aromatic rings. The van der Waals surface area contributed by atoms with Crippen molar-refractivity contribution in [3.8, 4) is 5.75 Å². The number of rotatable bonds is 7. The normalized spacial score (nSPS) is 10.6. The number of anilines is 1. The van der Waals surface area contributed by atoms with Crippen LogP contribution in [0.2, 0.25) is 5.02 Å². The van der Waals surface area contributed by atoms with Gasteiger partial charge in [0.1, 0.15) is 12.4 Å². The summed E-state index contributed by atoms with van der Waals surface area (Å²) >= 11 is 5.97. The quantitative estimate of drug-likeness (QED) is 0.407. The van der Waals surface area contributed by atoms with Gasteiger partial charge in [-0.25, -0.2) is 0 Å². The summed E-state index contributed by atoms with van der Waals surface area (Å²) in [5.74, 6) is 1.02. The van der Waals surface area contributed by atoms with Gasteiger partial charge in [0.25, 0.3) is 5.91 Å². The molecule has 0 aliphatic heterocycles. The van der Waals surface area contributed by atoms with Crippen LogP contribution in [0.3, 0.4) is 0 Å². The molecule has 0 fully saturated rings. The number of amides is 1. The van der Waals surface area contributed by atoms with Gasteiger partial charge in [-0.2, -0.15) is 5.10 Å². The minimum Gasteiger partial charge on any atom is -0.489 e. The van der Waals surface area contributed by atoms with Crippen molar-refractivity contribution >= 4 is 23.3 Å². The average Bonchev–Trinajstić information content (AvgIpc) is 3.21. The zero-order chi connectivity index (χ0) is 21.6. The minimum absolute atomic E-state index is 0.205. The van der Waals surface area contributed by atoms with E-state index in [1.54, 1.807) is 30.3 Å². The summed E-state index contributed by atoms with van der Waals surface area (Å²) in [6.45, 7) is 3.13. The first-order valence-corrected chi connectivity index (χ1v) is 10.3. The van der Waals surface area contributed by atoms with E-state index in [0.29, 0.717) is 35.3 Å². The fourth-order valence-electron chi connectivity index (χ4n) is 3.14. The topological polar surface area (TPSA) is 56.2 Å². The maximum atomic E-state index is 12.6. The molecule has 0 radical (unpaired) electrons. The molecular weight excluding hydrogens is 410 g/mol. The number of aromatic nitrogens is 2. The zero-order valence-corrected chi connectivity index (χ0v) is 17.8. The second-order valence-electron chi connectivity index (χ2n) is 7.22. The average molecular weight is 432 g/mol. The summed E-state index contributed by atoms with van der Waals surface area (Å²) in [5.41, 5.74) is 3.92. The molecule has 6 heteroatoms. The number of nitrogens with zero attached hydrogens (tertiary/aromatic N) is 2. The Hall–Kier alpha value is -3.57. The molecule has 0 unspecified atom stereocenters. The van der Waals surface area contributed by atoms with E-state index in [0.717, 1.165) is 5.56 Å². The van der Waals surface area contributed by atoms with Crippen LogP contribution in [0.5, 0.6) is 5.75 Å². The fraction of sp³-hybridized carbons (Fsp3) is 0.120. The van der Waals surface area contributed by atoms with Crippen molar-refractivity contribution in [2.24, 2.45) is 0 Å². The Morgan fingerprint density at radius 3 is 2.61 bits per heavy atom. The van der Waals surface area contributed by atoms with Gasteiger partial charge < -0.3 is 10.1 Å². The summed E-state index contributed by atoms with van der Waals surface area (Å²) in [5, 5.41) is 7.93. The van der Waals surface area contributed by atoms with E-state index in [9.17, 15) is 4.79 Å². The van der Waals surface area contributed by atoms with E-state index in [4.69, 9.17) is 16.3 Å². The van der Waals surface area contributed by atoms with Gasteiger partial charge in [-0.1, -0.05) is 54.1 Å². The van der Waals surface area contributed by atoms with Crippen molar-refractivity contribution in [2.75, 3.05) is 5.32 Å². The minimum atomic E-state index is -0.205. The van der Waals surface area contributed by atoms with Crippen LogP contribution < -0.4 is 10.1 Å². The van der Waals surface area contributed by atoms with Crippen LogP contribution in [0.1, 0.15) is 27.0 Å². The Balaban J connectivity index is 1.33. The third-order valence-electron chi connectivity index (χ3n) is 4.89. The summed E-state index contributed by atoms with van der Waals surface area (Å²) in [7, 11) is 0. The molecule has 1 N–H and O–H groups in total. The molecule has 1 amide bonds. The van der Waals surface area contributed by atoms with Gasteiger partial charge in [-0.3, -0.25) is 9.48 Å². The number of halogens is 1. The van der Waals surface area contributed by atoms with Crippen molar-refractivity contribution in [1.82, 2.24) is 9.78 Å². The van der Waals surface area contributed by atoms with Gasteiger partial charge in [0, 0.05) is 22.8 Å². The molecule has 156 valence electrons. The molecule has 31 heavy (non-hydrogen) atoms. The van der Waals surface area contributed by atoms with Crippen molar-refractivity contribution in [3.63, 3.8) is 0 Å². The lowest BCUT2D eigenvalue weighted by Crippen LogP contribution is -2.13. The van der Waals surface area contributed by atoms with Crippen LogP contribution in [0.25, 0.3) is 0 Å². The van der Waals surface area contributed by atoms with Gasteiger partial charge in [0.05, 0.1) is 6.54 Å². The Morgan fingerprint density at radius 2 is 1.84 bits per heavy atom. The molecule has 1 aromatic heterocycles. The summed E-state index contributed by atoms with van der Waals surface area (Å²) in [4.78, 5) is 12.6. The molecule has 0 bridgehead atoms. The van der Waals surface area contributed by atoms with E-state index < -0.39 is 0 Å². The van der Waals surface area contributed by atoms with Gasteiger partial charge in [0.2, 0.25) is 0 Å². The van der Waals surface area contributed by atoms with Crippen LogP contribution >= 0.6 is 11.6 Å². The van der Waals surface area contributed by atoms with Gasteiger partial charge in [-0.15, -0.1) is 0 Å². The van der Waals surface area contributed by atoms with Gasteiger partial charge in [-0.05, 0) is 53.9 Å². The van der Waals surface area contributed by atoms with Crippen molar-refractivity contribution in [3.05, 3.63) is 112 Å². The summed E-state index contributed by atoms with van der Waals surface area (Å²) in [6.07, 6.45) is 1.86. The van der Waals surface area contributed by atoms with Crippen LogP contribution in [-0.2, 0) is 13.2 Å². The summed E-state index contributed by atoms with van der Waals surface area (Å²) in [6, 6.07) is 24.5. The number of aryl methyl sites for hydroxylation is 1. The highest BCUT2D eigenvalue weighted by Crippen LogP contribution is 2.19. The molecular formula is C25H22ClN3O2. The number of carbonyl (C=O) groups excluding carboxylic acids is 1. The predicted molar refractivity (Wildman–Crippen MR) is 123 cm³/mol.